The number of amides is 1. The highest BCUT2D eigenvalue weighted by Crippen LogP contribution is 2.21. The van der Waals surface area contributed by atoms with E-state index < -0.39 is 11.9 Å². The number of nitrogens with zero attached hydrogens (tertiary/aromatic N) is 4. The molecule has 2 heterocycles. The van der Waals surface area contributed by atoms with Crippen molar-refractivity contribution < 1.29 is 19.1 Å². The molecule has 140 valence electrons. The third-order valence-electron chi connectivity index (χ3n) is 3.69. The molecule has 3 rings (SSSR count). The van der Waals surface area contributed by atoms with E-state index in [1.54, 1.807) is 23.0 Å². The first-order chi connectivity index (χ1) is 12.9. The first kappa shape index (κ1) is 18.8. The summed E-state index contributed by atoms with van der Waals surface area (Å²) in [7, 11) is 0. The molecule has 0 aliphatic carbocycles. The molecule has 2 aromatic heterocycles. The van der Waals surface area contributed by atoms with Crippen LogP contribution >= 0.6 is 15.9 Å². The number of aliphatic carboxylic acids is 1. The maximum Gasteiger partial charge on any atom is 0.305 e. The number of nitrogens with one attached hydrogen (secondary N) is 1. The van der Waals surface area contributed by atoms with Crippen molar-refractivity contribution in [3.05, 3.63) is 64.3 Å². The Morgan fingerprint density at radius 2 is 1.96 bits per heavy atom. The van der Waals surface area contributed by atoms with Crippen LogP contribution in [0, 0.1) is 5.82 Å². The number of aryl methyl sites for hydroxylation is 1. The fourth-order valence-corrected chi connectivity index (χ4v) is 2.83. The van der Waals surface area contributed by atoms with E-state index in [-0.39, 0.29) is 24.5 Å². The van der Waals surface area contributed by atoms with E-state index in [0.29, 0.717) is 16.8 Å². The summed E-state index contributed by atoms with van der Waals surface area (Å²) in [6.45, 7) is 0.497. The average Bonchev–Trinajstić information content (AvgIpc) is 3.22. The van der Waals surface area contributed by atoms with Gasteiger partial charge < -0.3 is 10.4 Å². The van der Waals surface area contributed by atoms with E-state index in [2.05, 4.69) is 31.4 Å². The van der Waals surface area contributed by atoms with Crippen molar-refractivity contribution in [1.82, 2.24) is 19.6 Å². The number of benzene rings is 1. The number of carboxylic acids is 1. The number of carbonyl (C=O) groups is 2. The average molecular weight is 436 g/mol. The molecule has 0 atom stereocenters. The Morgan fingerprint density at radius 1 is 1.22 bits per heavy atom. The van der Waals surface area contributed by atoms with Gasteiger partial charge in [-0.1, -0.05) is 12.1 Å². The highest BCUT2D eigenvalue weighted by atomic mass is 79.9. The topological polar surface area (TPSA) is 102 Å². The third kappa shape index (κ3) is 4.79. The normalized spacial score (nSPS) is 10.7. The van der Waals surface area contributed by atoms with Crippen LogP contribution < -0.4 is 5.32 Å². The highest BCUT2D eigenvalue weighted by molar-refractivity contribution is 9.10. The van der Waals surface area contributed by atoms with Gasteiger partial charge in [-0.3, -0.25) is 19.0 Å². The largest absolute Gasteiger partial charge is 0.481 e. The van der Waals surface area contributed by atoms with Crippen molar-refractivity contribution in [3.8, 4) is 0 Å². The van der Waals surface area contributed by atoms with Crippen LogP contribution in [-0.4, -0.2) is 36.5 Å². The van der Waals surface area contributed by atoms with E-state index in [1.807, 2.05) is 0 Å². The van der Waals surface area contributed by atoms with Gasteiger partial charge in [-0.15, -0.1) is 0 Å². The fraction of sp³-hybridized carbons (Fsp3) is 0.176. The van der Waals surface area contributed by atoms with Gasteiger partial charge in [0.25, 0.3) is 5.91 Å². The molecule has 0 saturated carbocycles. The van der Waals surface area contributed by atoms with E-state index in [4.69, 9.17) is 5.11 Å². The van der Waals surface area contributed by atoms with Gasteiger partial charge in [-0.2, -0.15) is 10.2 Å². The van der Waals surface area contributed by atoms with Crippen molar-refractivity contribution in [2.45, 2.75) is 19.5 Å². The first-order valence-corrected chi connectivity index (χ1v) is 8.74. The van der Waals surface area contributed by atoms with Crippen LogP contribution in [0.4, 0.5) is 10.2 Å². The second-order valence-electron chi connectivity index (χ2n) is 5.69. The molecule has 10 heteroatoms. The number of carbonyl (C=O) groups excluding carboxylic acids is 1. The molecule has 0 fully saturated rings. The van der Waals surface area contributed by atoms with E-state index >= 15 is 0 Å². The van der Waals surface area contributed by atoms with Gasteiger partial charge in [0.1, 0.15) is 11.5 Å². The zero-order valence-electron chi connectivity index (χ0n) is 14.0. The van der Waals surface area contributed by atoms with Crippen LogP contribution in [0.3, 0.4) is 0 Å². The van der Waals surface area contributed by atoms with Gasteiger partial charge in [0, 0.05) is 12.4 Å². The van der Waals surface area contributed by atoms with Crippen molar-refractivity contribution >= 4 is 33.6 Å². The molecular weight excluding hydrogens is 421 g/mol. The van der Waals surface area contributed by atoms with Crippen molar-refractivity contribution in [1.29, 1.82) is 0 Å². The molecule has 8 nitrogen and oxygen atoms in total. The second kappa shape index (κ2) is 8.12. The first-order valence-electron chi connectivity index (χ1n) is 7.95. The number of halogens is 2. The number of anilines is 1. The van der Waals surface area contributed by atoms with E-state index in [9.17, 15) is 14.0 Å². The molecule has 0 aliphatic rings. The molecule has 1 amide bonds. The summed E-state index contributed by atoms with van der Waals surface area (Å²) < 4.78 is 16.5. The van der Waals surface area contributed by atoms with E-state index in [1.165, 1.54) is 29.1 Å². The lowest BCUT2D eigenvalue weighted by atomic mass is 10.2. The highest BCUT2D eigenvalue weighted by Gasteiger charge is 2.16. The Bertz CT molecular complexity index is 967. The minimum Gasteiger partial charge on any atom is -0.481 e. The minimum atomic E-state index is -0.973. The van der Waals surface area contributed by atoms with Gasteiger partial charge in [0.2, 0.25) is 0 Å². The summed E-state index contributed by atoms with van der Waals surface area (Å²) >= 11 is 3.34. The number of carboxylic acid groups (broad SMARTS) is 1. The van der Waals surface area contributed by atoms with Crippen LogP contribution in [0.2, 0.25) is 0 Å². The van der Waals surface area contributed by atoms with Gasteiger partial charge in [-0.05, 0) is 39.7 Å². The molecule has 0 spiro atoms. The molecule has 3 aromatic rings. The van der Waals surface area contributed by atoms with E-state index in [0.717, 1.165) is 5.56 Å². The Balaban J connectivity index is 1.70. The SMILES string of the molecule is O=C(O)CCn1nccc1C(=O)Nc1nn(Cc2ccc(F)cc2)cc1Br. The van der Waals surface area contributed by atoms with Crippen molar-refractivity contribution in [2.24, 2.45) is 0 Å². The van der Waals surface area contributed by atoms with Crippen LogP contribution in [0.1, 0.15) is 22.5 Å². The zero-order chi connectivity index (χ0) is 19.4. The molecule has 0 saturated heterocycles. The maximum atomic E-state index is 13.0. The minimum absolute atomic E-state index is 0.0886. The second-order valence-corrected chi connectivity index (χ2v) is 6.54. The molecule has 0 radical (unpaired) electrons. The Hall–Kier alpha value is -3.01. The van der Waals surface area contributed by atoms with Gasteiger partial charge >= 0.3 is 5.97 Å². The summed E-state index contributed by atoms with van der Waals surface area (Å²) in [6, 6.07) is 7.55. The maximum absolute atomic E-state index is 13.0. The van der Waals surface area contributed by atoms with Gasteiger partial charge in [-0.25, -0.2) is 4.39 Å². The van der Waals surface area contributed by atoms with Crippen molar-refractivity contribution in [2.75, 3.05) is 5.32 Å². The molecular formula is C17H15BrFN5O3. The molecule has 0 unspecified atom stereocenters. The predicted molar refractivity (Wildman–Crippen MR) is 97.9 cm³/mol. The monoisotopic (exact) mass is 435 g/mol. The summed E-state index contributed by atoms with van der Waals surface area (Å²) in [4.78, 5) is 23.2. The van der Waals surface area contributed by atoms with Crippen LogP contribution in [0.25, 0.3) is 0 Å². The predicted octanol–water partition coefficient (Wildman–Crippen LogP) is 2.76. The lowest BCUT2D eigenvalue weighted by molar-refractivity contribution is -0.137. The quantitative estimate of drug-likeness (QED) is 0.593. The van der Waals surface area contributed by atoms with Gasteiger partial charge in [0.15, 0.2) is 5.82 Å². The summed E-state index contributed by atoms with van der Waals surface area (Å²) in [6.07, 6.45) is 2.98. The summed E-state index contributed by atoms with van der Waals surface area (Å²) in [5.41, 5.74) is 1.09. The third-order valence-corrected chi connectivity index (χ3v) is 4.27. The lowest BCUT2D eigenvalue weighted by Gasteiger charge is -2.06. The fourth-order valence-electron chi connectivity index (χ4n) is 2.42. The molecule has 1 aromatic carbocycles. The Labute approximate surface area is 161 Å². The van der Waals surface area contributed by atoms with Gasteiger partial charge in [0.05, 0.1) is 24.0 Å². The summed E-state index contributed by atoms with van der Waals surface area (Å²) in [5.74, 6) is -1.43. The molecule has 0 aliphatic heterocycles. The molecule has 0 bridgehead atoms. The number of hydrogen-bond acceptors (Lipinski definition) is 4. The standard InChI is InChI=1S/C17H15BrFN5O3/c18-13-10-23(9-11-1-3-12(19)4-2-11)22-16(13)21-17(27)14-5-7-20-24(14)8-6-15(25)26/h1-5,7,10H,6,8-9H2,(H,25,26)(H,21,22,27). The Kier molecular flexibility index (Phi) is 5.65. The number of aromatic nitrogens is 4. The van der Waals surface area contributed by atoms with Crippen LogP contribution in [0.15, 0.2) is 47.2 Å². The molecule has 27 heavy (non-hydrogen) atoms. The van der Waals surface area contributed by atoms with Crippen LogP contribution in [0.5, 0.6) is 0 Å². The summed E-state index contributed by atoms with van der Waals surface area (Å²) in [5, 5.41) is 19.7. The number of hydrogen-bond donors (Lipinski definition) is 2. The smallest absolute Gasteiger partial charge is 0.305 e. The zero-order valence-corrected chi connectivity index (χ0v) is 15.6. The number of rotatable bonds is 7. The molecule has 2 N–H and O–H groups in total. The Morgan fingerprint density at radius 3 is 2.67 bits per heavy atom. The van der Waals surface area contributed by atoms with Crippen molar-refractivity contribution in [3.63, 3.8) is 0 Å². The lowest BCUT2D eigenvalue weighted by Crippen LogP contribution is -2.19. The van der Waals surface area contributed by atoms with Crippen LogP contribution in [-0.2, 0) is 17.9 Å².